The normalized spacial score (nSPS) is 17.6. The Labute approximate surface area is 153 Å². The van der Waals surface area contributed by atoms with Gasteiger partial charge in [-0.15, -0.1) is 11.3 Å². The van der Waals surface area contributed by atoms with Crippen LogP contribution in [-0.2, 0) is 4.79 Å². The number of rotatable bonds is 3. The number of piperidine rings is 1. The lowest BCUT2D eigenvalue weighted by molar-refractivity contribution is -0.121. The molecule has 7 heteroatoms. The molecule has 1 aliphatic heterocycles. The smallest absolute Gasteiger partial charge is 0.263 e. The number of thiazole rings is 1. The number of carbonyl (C=O) groups is 2. The number of carbonyl (C=O) groups excluding carboxylic acids is 2. The second-order valence-electron chi connectivity index (χ2n) is 6.04. The standard InChI is InChI=1S/C18H17N3O2S2/c22-16(20-18-19-13-6-1-2-7-14(13)25-18)12-5-3-9-21(11-12)17(23)15-8-4-10-24-15/h1-2,4,6-8,10,12H,3,5,9,11H2,(H,19,20,22)/t12-/m0/s1. The highest BCUT2D eigenvalue weighted by molar-refractivity contribution is 7.22. The molecule has 4 rings (SSSR count). The van der Waals surface area contributed by atoms with Crippen molar-refractivity contribution in [3.8, 4) is 0 Å². The predicted molar refractivity (Wildman–Crippen MR) is 101 cm³/mol. The van der Waals surface area contributed by atoms with Crippen LogP contribution >= 0.6 is 22.7 Å². The molecule has 0 spiro atoms. The van der Waals surface area contributed by atoms with Crippen molar-refractivity contribution in [1.29, 1.82) is 0 Å². The molecule has 0 bridgehead atoms. The van der Waals surface area contributed by atoms with Crippen molar-refractivity contribution in [2.45, 2.75) is 12.8 Å². The zero-order valence-electron chi connectivity index (χ0n) is 13.5. The Hall–Kier alpha value is -2.25. The molecule has 0 unspecified atom stereocenters. The second-order valence-corrected chi connectivity index (χ2v) is 8.02. The van der Waals surface area contributed by atoms with Gasteiger partial charge < -0.3 is 10.2 Å². The monoisotopic (exact) mass is 371 g/mol. The highest BCUT2D eigenvalue weighted by Gasteiger charge is 2.29. The predicted octanol–water partition coefficient (Wildman–Crippen LogP) is 3.85. The fraction of sp³-hybridized carbons (Fsp3) is 0.278. The summed E-state index contributed by atoms with van der Waals surface area (Å²) in [6.45, 7) is 1.18. The number of fused-ring (bicyclic) bond motifs is 1. The lowest BCUT2D eigenvalue weighted by Crippen LogP contribution is -2.43. The molecule has 0 radical (unpaired) electrons. The molecule has 128 valence electrons. The summed E-state index contributed by atoms with van der Waals surface area (Å²) in [7, 11) is 0. The van der Waals surface area contributed by atoms with Crippen molar-refractivity contribution in [1.82, 2.24) is 9.88 Å². The quantitative estimate of drug-likeness (QED) is 0.761. The van der Waals surface area contributed by atoms with Crippen molar-refractivity contribution in [3.63, 3.8) is 0 Å². The summed E-state index contributed by atoms with van der Waals surface area (Å²) in [5.41, 5.74) is 0.890. The first-order valence-corrected chi connectivity index (χ1v) is 9.89. The third-order valence-electron chi connectivity index (χ3n) is 4.34. The highest BCUT2D eigenvalue weighted by atomic mass is 32.1. The van der Waals surface area contributed by atoms with E-state index in [-0.39, 0.29) is 17.7 Å². The van der Waals surface area contributed by atoms with E-state index in [0.717, 1.165) is 27.9 Å². The van der Waals surface area contributed by atoms with Gasteiger partial charge in [0.15, 0.2) is 5.13 Å². The van der Waals surface area contributed by atoms with Gasteiger partial charge in [0, 0.05) is 13.1 Å². The summed E-state index contributed by atoms with van der Waals surface area (Å²) in [5, 5.41) is 5.44. The molecule has 5 nitrogen and oxygen atoms in total. The minimum atomic E-state index is -0.190. The van der Waals surface area contributed by atoms with Gasteiger partial charge in [-0.25, -0.2) is 4.98 Å². The topological polar surface area (TPSA) is 62.3 Å². The number of nitrogens with one attached hydrogen (secondary N) is 1. The van der Waals surface area contributed by atoms with Crippen LogP contribution in [0.15, 0.2) is 41.8 Å². The molecule has 1 aliphatic rings. The number of anilines is 1. The maximum Gasteiger partial charge on any atom is 0.263 e. The Morgan fingerprint density at radius 1 is 1.20 bits per heavy atom. The van der Waals surface area contributed by atoms with Gasteiger partial charge in [0.2, 0.25) is 5.91 Å². The molecule has 3 heterocycles. The van der Waals surface area contributed by atoms with E-state index < -0.39 is 0 Å². The van der Waals surface area contributed by atoms with Crippen LogP contribution in [0.5, 0.6) is 0 Å². The fourth-order valence-corrected chi connectivity index (χ4v) is 4.62. The van der Waals surface area contributed by atoms with Gasteiger partial charge >= 0.3 is 0 Å². The van der Waals surface area contributed by atoms with E-state index in [2.05, 4.69) is 10.3 Å². The van der Waals surface area contributed by atoms with Crippen molar-refractivity contribution >= 4 is 49.8 Å². The number of nitrogens with zero attached hydrogens (tertiary/aromatic N) is 2. The Kier molecular flexibility index (Phi) is 4.50. The average Bonchev–Trinajstić information content (AvgIpc) is 3.30. The fourth-order valence-electron chi connectivity index (χ4n) is 3.06. The van der Waals surface area contributed by atoms with E-state index in [9.17, 15) is 9.59 Å². The number of benzene rings is 1. The molecule has 25 heavy (non-hydrogen) atoms. The minimum Gasteiger partial charge on any atom is -0.337 e. The van der Waals surface area contributed by atoms with Crippen LogP contribution in [0.3, 0.4) is 0 Å². The first-order chi connectivity index (χ1) is 12.2. The Morgan fingerprint density at radius 3 is 2.88 bits per heavy atom. The third-order valence-corrected chi connectivity index (χ3v) is 6.15. The van der Waals surface area contributed by atoms with Gasteiger partial charge in [-0.2, -0.15) is 0 Å². The van der Waals surface area contributed by atoms with Gasteiger partial charge in [0.05, 0.1) is 21.0 Å². The van der Waals surface area contributed by atoms with Gasteiger partial charge in [-0.05, 0) is 36.4 Å². The van der Waals surface area contributed by atoms with E-state index in [4.69, 9.17) is 0 Å². The molecule has 1 atom stereocenters. The molecular weight excluding hydrogens is 354 g/mol. The molecule has 0 aliphatic carbocycles. The lowest BCUT2D eigenvalue weighted by atomic mass is 9.97. The zero-order chi connectivity index (χ0) is 17.2. The maximum atomic E-state index is 12.6. The lowest BCUT2D eigenvalue weighted by Gasteiger charge is -2.31. The Balaban J connectivity index is 1.43. The Bertz CT molecular complexity index is 871. The molecular formula is C18H17N3O2S2. The number of para-hydroxylation sites is 1. The number of hydrogen-bond acceptors (Lipinski definition) is 5. The van der Waals surface area contributed by atoms with E-state index in [0.29, 0.717) is 18.2 Å². The van der Waals surface area contributed by atoms with Gasteiger partial charge in [-0.3, -0.25) is 9.59 Å². The molecule has 1 N–H and O–H groups in total. The van der Waals surface area contributed by atoms with Crippen molar-refractivity contribution in [2.75, 3.05) is 18.4 Å². The molecule has 3 aromatic rings. The van der Waals surface area contributed by atoms with E-state index in [1.165, 1.54) is 22.7 Å². The number of thiophene rings is 1. The van der Waals surface area contributed by atoms with Gasteiger partial charge in [0.1, 0.15) is 0 Å². The first kappa shape index (κ1) is 16.2. The Morgan fingerprint density at radius 2 is 2.08 bits per heavy atom. The first-order valence-electron chi connectivity index (χ1n) is 8.20. The molecule has 1 aromatic carbocycles. The zero-order valence-corrected chi connectivity index (χ0v) is 15.1. The van der Waals surface area contributed by atoms with Crippen molar-refractivity contribution < 1.29 is 9.59 Å². The van der Waals surface area contributed by atoms with E-state index >= 15 is 0 Å². The number of hydrogen-bond donors (Lipinski definition) is 1. The molecule has 2 aromatic heterocycles. The van der Waals surface area contributed by atoms with Crippen LogP contribution < -0.4 is 5.32 Å². The van der Waals surface area contributed by atoms with Crippen LogP contribution in [0, 0.1) is 5.92 Å². The summed E-state index contributed by atoms with van der Waals surface area (Å²) < 4.78 is 1.05. The second kappa shape index (κ2) is 6.93. The summed E-state index contributed by atoms with van der Waals surface area (Å²) >= 11 is 2.91. The molecule has 1 saturated heterocycles. The van der Waals surface area contributed by atoms with Crippen LogP contribution in [0.1, 0.15) is 22.5 Å². The van der Waals surface area contributed by atoms with Crippen LogP contribution in [0.25, 0.3) is 10.2 Å². The summed E-state index contributed by atoms with van der Waals surface area (Å²) in [5.74, 6) is -0.222. The molecule has 2 amide bonds. The maximum absolute atomic E-state index is 12.6. The summed E-state index contributed by atoms with van der Waals surface area (Å²) in [4.78, 5) is 32.1. The summed E-state index contributed by atoms with van der Waals surface area (Å²) in [6, 6.07) is 11.5. The van der Waals surface area contributed by atoms with Crippen LogP contribution in [0.2, 0.25) is 0 Å². The van der Waals surface area contributed by atoms with Crippen LogP contribution in [-0.4, -0.2) is 34.8 Å². The average molecular weight is 371 g/mol. The minimum absolute atomic E-state index is 0.0208. The van der Waals surface area contributed by atoms with Gasteiger partial charge in [0.25, 0.3) is 5.91 Å². The molecule has 1 fully saturated rings. The molecule has 0 saturated carbocycles. The number of likely N-dealkylation sites (tertiary alicyclic amines) is 1. The SMILES string of the molecule is O=C(Nc1nc2ccccc2s1)[C@H]1CCCN(C(=O)c2cccs2)C1. The third kappa shape index (κ3) is 3.43. The van der Waals surface area contributed by atoms with Crippen molar-refractivity contribution in [2.24, 2.45) is 5.92 Å². The van der Waals surface area contributed by atoms with E-state index in [1.807, 2.05) is 41.8 Å². The number of amides is 2. The largest absolute Gasteiger partial charge is 0.337 e. The van der Waals surface area contributed by atoms with Crippen LogP contribution in [0.4, 0.5) is 5.13 Å². The van der Waals surface area contributed by atoms with Gasteiger partial charge in [-0.1, -0.05) is 29.5 Å². The van der Waals surface area contributed by atoms with Crippen molar-refractivity contribution in [3.05, 3.63) is 46.7 Å². The highest BCUT2D eigenvalue weighted by Crippen LogP contribution is 2.27. The number of aromatic nitrogens is 1. The summed E-state index contributed by atoms with van der Waals surface area (Å²) in [6.07, 6.45) is 1.64. The van der Waals surface area contributed by atoms with E-state index in [1.54, 1.807) is 4.90 Å².